The molecule has 0 aromatic carbocycles. The highest BCUT2D eigenvalue weighted by Crippen LogP contribution is 1.91. The third-order valence-electron chi connectivity index (χ3n) is 1.13. The second-order valence-corrected chi connectivity index (χ2v) is 3.05. The van der Waals surface area contributed by atoms with Crippen LogP contribution < -0.4 is 5.32 Å². The zero-order valence-corrected chi connectivity index (χ0v) is 8.65. The van der Waals surface area contributed by atoms with Crippen LogP contribution in [0.3, 0.4) is 0 Å². The third-order valence-corrected chi connectivity index (χ3v) is 1.53. The van der Waals surface area contributed by atoms with E-state index in [9.17, 15) is 13.6 Å². The molecule has 6 heteroatoms. The van der Waals surface area contributed by atoms with E-state index in [1.165, 1.54) is 0 Å². The van der Waals surface area contributed by atoms with Crippen molar-refractivity contribution in [3.8, 4) is 0 Å². The minimum Gasteiger partial charge on any atom is -0.374 e. The molecule has 0 unspecified atom stereocenters. The maximum Gasteiger partial charge on any atom is 0.261 e. The predicted molar refractivity (Wildman–Crippen MR) is 48.2 cm³/mol. The molecule has 1 N–H and O–H groups in total. The van der Waals surface area contributed by atoms with Crippen molar-refractivity contribution >= 4 is 21.8 Å². The quantitative estimate of drug-likeness (QED) is 0.551. The van der Waals surface area contributed by atoms with Gasteiger partial charge in [0.05, 0.1) is 6.61 Å². The van der Waals surface area contributed by atoms with Crippen LogP contribution in [0.4, 0.5) is 8.78 Å². The fourth-order valence-corrected chi connectivity index (χ4v) is 0.969. The summed E-state index contributed by atoms with van der Waals surface area (Å²) in [5, 5.41) is 3.11. The molecule has 0 rings (SSSR count). The number of hydrogen-bond acceptors (Lipinski definition) is 2. The molecule has 78 valence electrons. The predicted octanol–water partition coefficient (Wildman–Crippen LogP) is 1.17. The molecule has 0 radical (unpaired) electrons. The molecule has 0 spiro atoms. The minimum atomic E-state index is -2.45. The van der Waals surface area contributed by atoms with Crippen molar-refractivity contribution in [2.45, 2.75) is 12.8 Å². The molecule has 0 fully saturated rings. The van der Waals surface area contributed by atoms with Crippen LogP contribution in [0.25, 0.3) is 0 Å². The maximum absolute atomic E-state index is 11.5. The SMILES string of the molecule is O=C(CCBr)NCCOCC(F)F. The van der Waals surface area contributed by atoms with Crippen LogP contribution in [0, 0.1) is 0 Å². The van der Waals surface area contributed by atoms with Crippen molar-refractivity contribution in [3.63, 3.8) is 0 Å². The van der Waals surface area contributed by atoms with Crippen LogP contribution in [0.15, 0.2) is 0 Å². The minimum absolute atomic E-state index is 0.113. The zero-order chi connectivity index (χ0) is 10.1. The standard InChI is InChI=1S/C7H12BrF2NO2/c8-2-1-7(12)11-3-4-13-5-6(9)10/h6H,1-5H2,(H,11,12). The molecule has 0 bridgehead atoms. The second-order valence-electron chi connectivity index (χ2n) is 2.25. The number of carbonyl (C=O) groups excluding carboxylic acids is 1. The highest BCUT2D eigenvalue weighted by Gasteiger charge is 2.02. The number of halogens is 3. The number of ether oxygens (including phenoxy) is 1. The number of nitrogens with one attached hydrogen (secondary N) is 1. The average Bonchev–Trinajstić information content (AvgIpc) is 2.03. The average molecular weight is 260 g/mol. The monoisotopic (exact) mass is 259 g/mol. The molecule has 0 saturated carbocycles. The summed E-state index contributed by atoms with van der Waals surface area (Å²) in [5.41, 5.74) is 0. The van der Waals surface area contributed by atoms with Crippen molar-refractivity contribution in [1.82, 2.24) is 5.32 Å². The van der Waals surface area contributed by atoms with E-state index in [-0.39, 0.29) is 19.1 Å². The van der Waals surface area contributed by atoms with Crippen molar-refractivity contribution in [2.75, 3.05) is 25.1 Å². The number of rotatable bonds is 7. The summed E-state index contributed by atoms with van der Waals surface area (Å²) >= 11 is 3.10. The fourth-order valence-electron chi connectivity index (χ4n) is 0.609. The van der Waals surface area contributed by atoms with E-state index < -0.39 is 13.0 Å². The Bertz CT molecular complexity index is 146. The first kappa shape index (κ1) is 12.8. The van der Waals surface area contributed by atoms with Gasteiger partial charge in [0.1, 0.15) is 6.61 Å². The lowest BCUT2D eigenvalue weighted by atomic mass is 10.4. The summed E-state index contributed by atoms with van der Waals surface area (Å²) in [6.45, 7) is -0.175. The summed E-state index contributed by atoms with van der Waals surface area (Å²) in [5.74, 6) is -0.113. The van der Waals surface area contributed by atoms with Gasteiger partial charge in [-0.05, 0) is 0 Å². The fraction of sp³-hybridized carbons (Fsp3) is 0.857. The summed E-state index contributed by atoms with van der Waals surface area (Å²) in [6.07, 6.45) is -2.06. The van der Waals surface area contributed by atoms with Gasteiger partial charge < -0.3 is 10.1 Å². The smallest absolute Gasteiger partial charge is 0.261 e. The molecule has 0 aliphatic heterocycles. The Hall–Kier alpha value is -0.230. The van der Waals surface area contributed by atoms with Crippen LogP contribution in [-0.2, 0) is 9.53 Å². The van der Waals surface area contributed by atoms with Gasteiger partial charge in [-0.1, -0.05) is 15.9 Å². The van der Waals surface area contributed by atoms with E-state index in [1.807, 2.05) is 0 Å². The first-order valence-corrected chi connectivity index (χ1v) is 4.97. The van der Waals surface area contributed by atoms with Gasteiger partial charge in [-0.2, -0.15) is 0 Å². The zero-order valence-electron chi connectivity index (χ0n) is 7.06. The van der Waals surface area contributed by atoms with E-state index in [4.69, 9.17) is 0 Å². The third kappa shape index (κ3) is 9.69. The van der Waals surface area contributed by atoms with Crippen LogP contribution in [0.5, 0.6) is 0 Å². The molecule has 3 nitrogen and oxygen atoms in total. The van der Waals surface area contributed by atoms with Gasteiger partial charge >= 0.3 is 0 Å². The Morgan fingerprint density at radius 1 is 1.54 bits per heavy atom. The normalized spacial score (nSPS) is 10.5. The molecule has 13 heavy (non-hydrogen) atoms. The molecule has 0 saturated heterocycles. The Morgan fingerprint density at radius 3 is 2.77 bits per heavy atom. The number of amides is 1. The summed E-state index contributed by atoms with van der Waals surface area (Å²) in [7, 11) is 0. The van der Waals surface area contributed by atoms with Crippen molar-refractivity contribution < 1.29 is 18.3 Å². The van der Waals surface area contributed by atoms with Gasteiger partial charge in [0.15, 0.2) is 0 Å². The van der Waals surface area contributed by atoms with Crippen LogP contribution in [0.1, 0.15) is 6.42 Å². The molecule has 0 atom stereocenters. The van der Waals surface area contributed by atoms with Crippen molar-refractivity contribution in [3.05, 3.63) is 0 Å². The number of carbonyl (C=O) groups is 1. The summed E-state index contributed by atoms with van der Waals surface area (Å²) < 4.78 is 27.6. The summed E-state index contributed by atoms with van der Waals surface area (Å²) in [6, 6.07) is 0. The Kier molecular flexibility index (Phi) is 8.22. The molecule has 0 aliphatic carbocycles. The van der Waals surface area contributed by atoms with Gasteiger partial charge in [0.2, 0.25) is 5.91 Å². The molecular formula is C7H12BrF2NO2. The Labute approximate surface area is 84.0 Å². The lowest BCUT2D eigenvalue weighted by Crippen LogP contribution is -2.27. The molecule has 0 aliphatic rings. The van der Waals surface area contributed by atoms with E-state index in [0.29, 0.717) is 11.8 Å². The van der Waals surface area contributed by atoms with Gasteiger partial charge in [0, 0.05) is 18.3 Å². The maximum atomic E-state index is 11.5. The van der Waals surface area contributed by atoms with Crippen molar-refractivity contribution in [1.29, 1.82) is 0 Å². The first-order valence-electron chi connectivity index (χ1n) is 3.85. The molecule has 1 amide bonds. The molecular weight excluding hydrogens is 248 g/mol. The lowest BCUT2D eigenvalue weighted by molar-refractivity contribution is -0.120. The van der Waals surface area contributed by atoms with Crippen LogP contribution in [0.2, 0.25) is 0 Å². The van der Waals surface area contributed by atoms with Crippen LogP contribution >= 0.6 is 15.9 Å². The highest BCUT2D eigenvalue weighted by molar-refractivity contribution is 9.09. The lowest BCUT2D eigenvalue weighted by Gasteiger charge is -2.04. The van der Waals surface area contributed by atoms with Gasteiger partial charge in [-0.25, -0.2) is 8.78 Å². The van der Waals surface area contributed by atoms with E-state index in [2.05, 4.69) is 26.0 Å². The number of hydrogen-bond donors (Lipinski definition) is 1. The number of alkyl halides is 3. The molecule has 0 aromatic rings. The highest BCUT2D eigenvalue weighted by atomic mass is 79.9. The van der Waals surface area contributed by atoms with Gasteiger partial charge in [-0.3, -0.25) is 4.79 Å². The second kappa shape index (κ2) is 8.37. The Balaban J connectivity index is 3.11. The van der Waals surface area contributed by atoms with Gasteiger partial charge in [-0.15, -0.1) is 0 Å². The first-order chi connectivity index (χ1) is 6.16. The van der Waals surface area contributed by atoms with E-state index in [1.54, 1.807) is 0 Å². The Morgan fingerprint density at radius 2 is 2.23 bits per heavy atom. The van der Waals surface area contributed by atoms with Gasteiger partial charge in [0.25, 0.3) is 6.43 Å². The molecule has 0 aromatic heterocycles. The summed E-state index contributed by atoms with van der Waals surface area (Å²) in [4.78, 5) is 10.8. The topological polar surface area (TPSA) is 38.3 Å². The van der Waals surface area contributed by atoms with Crippen LogP contribution in [-0.4, -0.2) is 37.4 Å². The largest absolute Gasteiger partial charge is 0.374 e. The van der Waals surface area contributed by atoms with E-state index in [0.717, 1.165) is 0 Å². The van der Waals surface area contributed by atoms with E-state index >= 15 is 0 Å². The van der Waals surface area contributed by atoms with Crippen molar-refractivity contribution in [2.24, 2.45) is 0 Å². The molecule has 0 heterocycles.